The second-order valence-electron chi connectivity index (χ2n) is 4.57. The summed E-state index contributed by atoms with van der Waals surface area (Å²) in [6.07, 6.45) is 3.93. The molecule has 0 spiro atoms. The molecule has 0 atom stereocenters. The van der Waals surface area contributed by atoms with E-state index in [0.717, 1.165) is 28.9 Å². The molecule has 4 heteroatoms. The van der Waals surface area contributed by atoms with Crippen LogP contribution in [0.2, 0.25) is 5.02 Å². The van der Waals surface area contributed by atoms with Crippen LogP contribution in [0.1, 0.15) is 24.5 Å². The molecule has 0 aliphatic heterocycles. The van der Waals surface area contributed by atoms with Crippen LogP contribution in [0.3, 0.4) is 0 Å². The summed E-state index contributed by atoms with van der Waals surface area (Å²) in [7, 11) is 1.71. The van der Waals surface area contributed by atoms with Crippen LogP contribution in [0.15, 0.2) is 54.3 Å². The first-order valence-electron chi connectivity index (χ1n) is 6.75. The van der Waals surface area contributed by atoms with Crippen LogP contribution >= 0.6 is 11.6 Å². The lowest BCUT2D eigenvalue weighted by Gasteiger charge is -2.29. The van der Waals surface area contributed by atoms with Crippen LogP contribution in [-0.4, -0.2) is 17.8 Å². The first kappa shape index (κ1) is 17.1. The molecule has 3 nitrogen and oxygen atoms in total. The summed E-state index contributed by atoms with van der Waals surface area (Å²) in [5.74, 6) is 0.675. The molecule has 0 aromatic heterocycles. The molecule has 2 N–H and O–H groups in total. The van der Waals surface area contributed by atoms with Crippen molar-refractivity contribution in [3.8, 4) is 0 Å². The zero-order chi connectivity index (χ0) is 16.0. The van der Waals surface area contributed by atoms with Gasteiger partial charge in [-0.2, -0.15) is 0 Å². The van der Waals surface area contributed by atoms with E-state index in [9.17, 15) is 0 Å². The fraction of sp³-hybridized carbons (Fsp3) is 0.235. The fourth-order valence-corrected chi connectivity index (χ4v) is 2.42. The van der Waals surface area contributed by atoms with Gasteiger partial charge in [-0.3, -0.25) is 9.89 Å². The van der Waals surface area contributed by atoms with Crippen LogP contribution in [0, 0.1) is 6.92 Å². The van der Waals surface area contributed by atoms with Crippen molar-refractivity contribution in [2.24, 2.45) is 10.7 Å². The Morgan fingerprint density at radius 1 is 1.43 bits per heavy atom. The molecule has 0 saturated heterocycles. The Labute approximate surface area is 132 Å². The van der Waals surface area contributed by atoms with E-state index < -0.39 is 0 Å². The van der Waals surface area contributed by atoms with Gasteiger partial charge >= 0.3 is 0 Å². The van der Waals surface area contributed by atoms with Crippen molar-refractivity contribution in [2.45, 2.75) is 20.3 Å². The molecule has 1 aromatic rings. The van der Waals surface area contributed by atoms with Crippen molar-refractivity contribution in [3.05, 3.63) is 65.5 Å². The van der Waals surface area contributed by atoms with Gasteiger partial charge in [0.15, 0.2) is 0 Å². The van der Waals surface area contributed by atoms with Gasteiger partial charge in [-0.25, -0.2) is 0 Å². The second-order valence-corrected chi connectivity index (χ2v) is 4.98. The number of hydrogen-bond acceptors (Lipinski definition) is 2. The van der Waals surface area contributed by atoms with Crippen LogP contribution in [0.5, 0.6) is 0 Å². The maximum atomic E-state index is 6.34. The molecule has 0 aliphatic carbocycles. The molecule has 0 unspecified atom stereocenters. The van der Waals surface area contributed by atoms with E-state index in [-0.39, 0.29) is 0 Å². The summed E-state index contributed by atoms with van der Waals surface area (Å²) in [5, 5.41) is 0.654. The number of amidine groups is 1. The topological polar surface area (TPSA) is 41.6 Å². The molecule has 0 bridgehead atoms. The summed E-state index contributed by atoms with van der Waals surface area (Å²) in [6, 6.07) is 5.77. The van der Waals surface area contributed by atoms with E-state index in [0.29, 0.717) is 10.9 Å². The van der Waals surface area contributed by atoms with Gasteiger partial charge in [-0.05, 0) is 37.3 Å². The third-order valence-corrected chi connectivity index (χ3v) is 3.52. The van der Waals surface area contributed by atoms with Crippen molar-refractivity contribution in [3.63, 3.8) is 0 Å². The second kappa shape index (κ2) is 7.70. The number of benzene rings is 1. The molecule has 0 fully saturated rings. The molecule has 0 amide bonds. The predicted octanol–water partition coefficient (Wildman–Crippen LogP) is 4.35. The van der Waals surface area contributed by atoms with Crippen molar-refractivity contribution >= 4 is 23.1 Å². The lowest BCUT2D eigenvalue weighted by Crippen LogP contribution is -2.27. The van der Waals surface area contributed by atoms with E-state index in [4.69, 9.17) is 17.3 Å². The zero-order valence-corrected chi connectivity index (χ0v) is 13.6. The number of aryl methyl sites for hydroxylation is 1. The average Bonchev–Trinajstić information content (AvgIpc) is 2.46. The lowest BCUT2D eigenvalue weighted by atomic mass is 10.0. The highest BCUT2D eigenvalue weighted by atomic mass is 35.5. The molecule has 112 valence electrons. The minimum atomic E-state index is 0.654. The number of hydrogen-bond donors (Lipinski definition) is 1. The number of aliphatic imine (C=N–C) groups is 1. The number of halogens is 1. The van der Waals surface area contributed by atoms with Crippen LogP contribution in [0.25, 0.3) is 5.70 Å². The highest BCUT2D eigenvalue weighted by molar-refractivity contribution is 6.32. The van der Waals surface area contributed by atoms with Gasteiger partial charge < -0.3 is 5.73 Å². The summed E-state index contributed by atoms with van der Waals surface area (Å²) >= 11 is 6.34. The Morgan fingerprint density at radius 2 is 2.10 bits per heavy atom. The molecule has 1 rings (SSSR count). The van der Waals surface area contributed by atoms with Gasteiger partial charge in [0, 0.05) is 24.0 Å². The minimum Gasteiger partial charge on any atom is -0.404 e. The molecule has 0 heterocycles. The van der Waals surface area contributed by atoms with E-state index in [1.165, 1.54) is 6.20 Å². The normalized spacial score (nSPS) is 11.7. The number of allylic oxidation sites excluding steroid dienone is 1. The SMILES string of the molecule is C=C(CC)N(C(=C)c1c(C)cccc1Cl)C(/C=C\N)=NC. The summed E-state index contributed by atoms with van der Waals surface area (Å²) in [5.41, 5.74) is 9.06. The Bertz CT molecular complexity index is 580. The van der Waals surface area contributed by atoms with E-state index >= 15 is 0 Å². The van der Waals surface area contributed by atoms with E-state index in [1.807, 2.05) is 36.9 Å². The van der Waals surface area contributed by atoms with Crippen molar-refractivity contribution in [1.82, 2.24) is 4.90 Å². The Kier molecular flexibility index (Phi) is 6.25. The highest BCUT2D eigenvalue weighted by Crippen LogP contribution is 2.31. The van der Waals surface area contributed by atoms with Crippen LogP contribution in [-0.2, 0) is 0 Å². The third-order valence-electron chi connectivity index (χ3n) is 3.21. The molecule has 0 aliphatic rings. The number of rotatable bonds is 5. The van der Waals surface area contributed by atoms with Gasteiger partial charge in [-0.15, -0.1) is 0 Å². The smallest absolute Gasteiger partial charge is 0.133 e. The molecule has 0 saturated carbocycles. The molecular formula is C17H22ClN3. The van der Waals surface area contributed by atoms with E-state index in [1.54, 1.807) is 13.1 Å². The molecular weight excluding hydrogens is 282 g/mol. The summed E-state index contributed by atoms with van der Waals surface area (Å²) < 4.78 is 0. The molecule has 21 heavy (non-hydrogen) atoms. The maximum Gasteiger partial charge on any atom is 0.133 e. The molecule has 0 radical (unpaired) electrons. The standard InChI is InChI=1S/C17H22ClN3/c1-6-13(3)21(16(20-5)10-11-19)14(4)17-12(2)8-7-9-15(17)18/h7-11H,3-4,6,19H2,1-2,5H3/b11-10-,20-16?. The van der Waals surface area contributed by atoms with Crippen molar-refractivity contribution in [1.29, 1.82) is 0 Å². The van der Waals surface area contributed by atoms with Crippen molar-refractivity contribution < 1.29 is 0 Å². The molecule has 1 aromatic carbocycles. The van der Waals surface area contributed by atoms with E-state index in [2.05, 4.69) is 18.2 Å². The first-order valence-corrected chi connectivity index (χ1v) is 7.13. The minimum absolute atomic E-state index is 0.654. The summed E-state index contributed by atoms with van der Waals surface area (Å²) in [6.45, 7) is 12.3. The number of nitrogens with two attached hydrogens (primary N) is 1. The van der Waals surface area contributed by atoms with Crippen LogP contribution in [0.4, 0.5) is 0 Å². The maximum absolute atomic E-state index is 6.34. The number of nitrogens with zero attached hydrogens (tertiary/aromatic N) is 2. The fourth-order valence-electron chi connectivity index (χ4n) is 2.09. The van der Waals surface area contributed by atoms with Crippen LogP contribution < -0.4 is 5.73 Å². The predicted molar refractivity (Wildman–Crippen MR) is 93.2 cm³/mol. The first-order chi connectivity index (χ1) is 9.97. The third kappa shape index (κ3) is 3.76. The van der Waals surface area contributed by atoms with Gasteiger partial charge in [0.05, 0.1) is 5.02 Å². The van der Waals surface area contributed by atoms with Gasteiger partial charge in [0.2, 0.25) is 0 Å². The largest absolute Gasteiger partial charge is 0.404 e. The Hall–Kier alpha value is -2.00. The highest BCUT2D eigenvalue weighted by Gasteiger charge is 2.19. The van der Waals surface area contributed by atoms with Crippen molar-refractivity contribution in [2.75, 3.05) is 7.05 Å². The Morgan fingerprint density at radius 3 is 2.57 bits per heavy atom. The summed E-state index contributed by atoms with van der Waals surface area (Å²) in [4.78, 5) is 6.15. The van der Waals surface area contributed by atoms with Gasteiger partial charge in [0.1, 0.15) is 5.84 Å². The Balaban J connectivity index is 3.40. The zero-order valence-electron chi connectivity index (χ0n) is 12.9. The monoisotopic (exact) mass is 303 g/mol. The average molecular weight is 304 g/mol. The lowest BCUT2D eigenvalue weighted by molar-refractivity contribution is 0.686. The van der Waals surface area contributed by atoms with Gasteiger partial charge in [-0.1, -0.05) is 43.8 Å². The van der Waals surface area contributed by atoms with Gasteiger partial charge in [0.25, 0.3) is 0 Å². The quantitative estimate of drug-likeness (QED) is 0.649.